The number of carbonyl (C=O) groups is 1. The Kier molecular flexibility index (Phi) is 4.51. The summed E-state index contributed by atoms with van der Waals surface area (Å²) < 4.78 is 5.21. The molecule has 1 saturated carbocycles. The lowest BCUT2D eigenvalue weighted by Gasteiger charge is -2.16. The number of carbonyl (C=O) groups excluding carboxylic acids is 1. The van der Waals surface area contributed by atoms with Crippen LogP contribution in [0.2, 0.25) is 0 Å². The van der Waals surface area contributed by atoms with Crippen LogP contribution < -0.4 is 5.32 Å². The Morgan fingerprint density at radius 2 is 2.00 bits per heavy atom. The Morgan fingerprint density at radius 3 is 2.77 bits per heavy atom. The summed E-state index contributed by atoms with van der Waals surface area (Å²) in [4.78, 5) is 12.5. The quantitative estimate of drug-likeness (QED) is 0.702. The van der Waals surface area contributed by atoms with Gasteiger partial charge >= 0.3 is 0 Å². The molecule has 26 heavy (non-hydrogen) atoms. The van der Waals surface area contributed by atoms with Gasteiger partial charge in [0.1, 0.15) is 11.9 Å². The molecule has 134 valence electrons. The van der Waals surface area contributed by atoms with Crippen molar-refractivity contribution in [2.24, 2.45) is 5.92 Å². The highest BCUT2D eigenvalue weighted by molar-refractivity contribution is 5.85. The van der Waals surface area contributed by atoms with E-state index in [0.29, 0.717) is 18.1 Å². The molecular weight excluding hydrogens is 326 g/mol. The molecule has 3 aromatic rings. The van der Waals surface area contributed by atoms with Gasteiger partial charge < -0.3 is 14.8 Å². The highest BCUT2D eigenvalue weighted by atomic mass is 16.4. The molecule has 1 aromatic heterocycles. The number of rotatable bonds is 6. The number of aliphatic hydroxyl groups excluding tert-OH is 1. The van der Waals surface area contributed by atoms with E-state index in [0.717, 1.165) is 6.42 Å². The zero-order valence-corrected chi connectivity index (χ0v) is 14.8. The van der Waals surface area contributed by atoms with Crippen molar-refractivity contribution in [1.82, 2.24) is 5.32 Å². The van der Waals surface area contributed by atoms with Gasteiger partial charge in [0.15, 0.2) is 0 Å². The van der Waals surface area contributed by atoms with Gasteiger partial charge in [-0.1, -0.05) is 42.5 Å². The molecule has 0 aliphatic heterocycles. The number of amides is 1. The molecular formula is C22H23NO3. The zero-order chi connectivity index (χ0) is 18.1. The van der Waals surface area contributed by atoms with Gasteiger partial charge in [0, 0.05) is 18.4 Å². The third-order valence-corrected chi connectivity index (χ3v) is 5.17. The maximum Gasteiger partial charge on any atom is 0.223 e. The predicted octanol–water partition coefficient (Wildman–Crippen LogP) is 4.16. The minimum atomic E-state index is -0.698. The monoisotopic (exact) mass is 349 g/mol. The van der Waals surface area contributed by atoms with Gasteiger partial charge in [-0.2, -0.15) is 0 Å². The van der Waals surface area contributed by atoms with Crippen molar-refractivity contribution in [1.29, 1.82) is 0 Å². The van der Waals surface area contributed by atoms with E-state index in [1.54, 1.807) is 18.4 Å². The van der Waals surface area contributed by atoms with Crippen molar-refractivity contribution in [2.75, 3.05) is 0 Å². The van der Waals surface area contributed by atoms with Crippen LogP contribution in [0.4, 0.5) is 0 Å². The average molecular weight is 349 g/mol. The van der Waals surface area contributed by atoms with E-state index in [1.807, 2.05) is 19.1 Å². The van der Waals surface area contributed by atoms with Crippen LogP contribution in [-0.2, 0) is 4.79 Å². The van der Waals surface area contributed by atoms with E-state index < -0.39 is 6.10 Å². The summed E-state index contributed by atoms with van der Waals surface area (Å²) in [5.74, 6) is 0.926. The van der Waals surface area contributed by atoms with E-state index in [9.17, 15) is 9.90 Å². The second kappa shape index (κ2) is 6.96. The first kappa shape index (κ1) is 16.9. The maximum atomic E-state index is 12.5. The van der Waals surface area contributed by atoms with Crippen molar-refractivity contribution in [3.63, 3.8) is 0 Å². The fourth-order valence-corrected chi connectivity index (χ4v) is 3.63. The molecule has 0 radical (unpaired) electrons. The molecule has 1 aliphatic rings. The summed E-state index contributed by atoms with van der Waals surface area (Å²) in [6.45, 7) is 1.91. The smallest absolute Gasteiger partial charge is 0.223 e. The molecule has 1 fully saturated rings. The Bertz CT molecular complexity index is 903. The summed E-state index contributed by atoms with van der Waals surface area (Å²) in [7, 11) is 0. The highest BCUT2D eigenvalue weighted by Crippen LogP contribution is 2.48. The molecule has 0 saturated heterocycles. The lowest BCUT2D eigenvalue weighted by atomic mass is 10.0. The second-order valence-electron chi connectivity index (χ2n) is 7.23. The summed E-state index contributed by atoms with van der Waals surface area (Å²) in [6.07, 6.45) is 2.17. The summed E-state index contributed by atoms with van der Waals surface area (Å²) in [5, 5.41) is 15.6. The molecule has 4 nitrogen and oxygen atoms in total. The van der Waals surface area contributed by atoms with E-state index in [2.05, 4.69) is 35.6 Å². The van der Waals surface area contributed by atoms with Crippen LogP contribution in [0.5, 0.6) is 0 Å². The van der Waals surface area contributed by atoms with Crippen LogP contribution in [-0.4, -0.2) is 17.1 Å². The van der Waals surface area contributed by atoms with Crippen LogP contribution in [0, 0.1) is 5.92 Å². The number of nitrogens with one attached hydrogen (secondary N) is 1. The number of benzene rings is 2. The van der Waals surface area contributed by atoms with E-state index in [4.69, 9.17) is 4.42 Å². The number of hydrogen-bond acceptors (Lipinski definition) is 3. The molecule has 4 unspecified atom stereocenters. The van der Waals surface area contributed by atoms with Crippen LogP contribution in [0.25, 0.3) is 10.8 Å². The fourth-order valence-electron chi connectivity index (χ4n) is 3.63. The third-order valence-electron chi connectivity index (χ3n) is 5.17. The molecule has 0 bridgehead atoms. The summed E-state index contributed by atoms with van der Waals surface area (Å²) in [6, 6.07) is 18.1. The number of fused-ring (bicyclic) bond motifs is 1. The van der Waals surface area contributed by atoms with Crippen molar-refractivity contribution < 1.29 is 14.3 Å². The minimum absolute atomic E-state index is 0.0272. The van der Waals surface area contributed by atoms with Crippen LogP contribution in [0.15, 0.2) is 65.3 Å². The van der Waals surface area contributed by atoms with Crippen molar-refractivity contribution in [3.8, 4) is 0 Å². The molecule has 1 amide bonds. The van der Waals surface area contributed by atoms with Gasteiger partial charge in [0.25, 0.3) is 0 Å². The predicted molar refractivity (Wildman–Crippen MR) is 101 cm³/mol. The maximum absolute atomic E-state index is 12.5. The first-order valence-electron chi connectivity index (χ1n) is 9.12. The number of aliphatic hydroxyl groups is 1. The molecule has 2 aromatic carbocycles. The van der Waals surface area contributed by atoms with Gasteiger partial charge in [-0.05, 0) is 47.7 Å². The Morgan fingerprint density at radius 1 is 1.19 bits per heavy atom. The van der Waals surface area contributed by atoms with Crippen molar-refractivity contribution in [2.45, 2.75) is 37.8 Å². The van der Waals surface area contributed by atoms with Crippen molar-refractivity contribution in [3.05, 3.63) is 72.2 Å². The molecule has 2 N–H and O–H groups in total. The van der Waals surface area contributed by atoms with E-state index in [1.165, 1.54) is 16.3 Å². The molecule has 1 heterocycles. The van der Waals surface area contributed by atoms with Crippen LogP contribution in [0.3, 0.4) is 0 Å². The van der Waals surface area contributed by atoms with Gasteiger partial charge in [-0.15, -0.1) is 0 Å². The van der Waals surface area contributed by atoms with Gasteiger partial charge in [0.2, 0.25) is 5.91 Å². The largest absolute Gasteiger partial charge is 0.467 e. The van der Waals surface area contributed by atoms with Gasteiger partial charge in [0.05, 0.1) is 6.26 Å². The van der Waals surface area contributed by atoms with Crippen LogP contribution in [0.1, 0.15) is 43.1 Å². The normalized spacial score (nSPS) is 21.3. The first-order valence-corrected chi connectivity index (χ1v) is 9.12. The SMILES string of the molecule is CC(CC(O)c1ccco1)NC(=O)C1CC1c1ccc2ccccc2c1. The second-order valence-corrected chi connectivity index (χ2v) is 7.23. The molecule has 4 atom stereocenters. The minimum Gasteiger partial charge on any atom is -0.467 e. The average Bonchev–Trinajstić information content (AvgIpc) is 3.25. The molecule has 4 rings (SSSR count). The van der Waals surface area contributed by atoms with Gasteiger partial charge in [-0.25, -0.2) is 0 Å². The topological polar surface area (TPSA) is 62.5 Å². The highest BCUT2D eigenvalue weighted by Gasteiger charge is 2.44. The molecule has 1 aliphatic carbocycles. The van der Waals surface area contributed by atoms with Gasteiger partial charge in [-0.3, -0.25) is 4.79 Å². The first-order chi connectivity index (χ1) is 12.6. The summed E-state index contributed by atoms with van der Waals surface area (Å²) in [5.41, 5.74) is 1.23. The Hall–Kier alpha value is -2.59. The lowest BCUT2D eigenvalue weighted by Crippen LogP contribution is -2.35. The fraction of sp³-hybridized carbons (Fsp3) is 0.318. The Labute approximate surface area is 152 Å². The van der Waals surface area contributed by atoms with E-state index in [-0.39, 0.29) is 17.9 Å². The number of hydrogen-bond donors (Lipinski definition) is 2. The Balaban J connectivity index is 1.34. The molecule has 0 spiro atoms. The molecule has 4 heteroatoms. The zero-order valence-electron chi connectivity index (χ0n) is 14.8. The third kappa shape index (κ3) is 3.51. The van der Waals surface area contributed by atoms with E-state index >= 15 is 0 Å². The summed E-state index contributed by atoms with van der Waals surface area (Å²) >= 11 is 0. The van der Waals surface area contributed by atoms with Crippen molar-refractivity contribution >= 4 is 16.7 Å². The van der Waals surface area contributed by atoms with Crippen LogP contribution >= 0.6 is 0 Å². The standard InChI is InChI=1S/C22H23NO3/c1-14(11-20(24)21-7-4-10-26-21)23-22(25)19-13-18(19)17-9-8-15-5-2-3-6-16(15)12-17/h2-10,12,14,18-20,24H,11,13H2,1H3,(H,23,25). The number of furan rings is 1. The lowest BCUT2D eigenvalue weighted by molar-refractivity contribution is -0.123.